The molecule has 0 aromatic rings. The predicted octanol–water partition coefficient (Wildman–Crippen LogP) is 6.50. The molecule has 3 fully saturated rings. The van der Waals surface area contributed by atoms with Crippen molar-refractivity contribution in [2.45, 2.75) is 180 Å². The highest BCUT2D eigenvalue weighted by atomic mass is 19.1. The lowest BCUT2D eigenvalue weighted by Crippen LogP contribution is -2.61. The van der Waals surface area contributed by atoms with Crippen molar-refractivity contribution in [3.8, 4) is 0 Å². The number of aliphatic hydroxyl groups is 3. The van der Waals surface area contributed by atoms with Crippen LogP contribution in [0.15, 0.2) is 47.6 Å². The van der Waals surface area contributed by atoms with Crippen molar-refractivity contribution in [2.24, 2.45) is 35.5 Å². The van der Waals surface area contributed by atoms with E-state index in [4.69, 9.17) is 18.9 Å². The highest BCUT2D eigenvalue weighted by Gasteiger charge is 2.53. The van der Waals surface area contributed by atoms with Crippen molar-refractivity contribution in [2.75, 3.05) is 20.8 Å². The van der Waals surface area contributed by atoms with Gasteiger partial charge in [-0.2, -0.15) is 0 Å². The van der Waals surface area contributed by atoms with Crippen LogP contribution in [0.3, 0.4) is 0 Å². The van der Waals surface area contributed by atoms with E-state index in [1.165, 1.54) is 19.9 Å². The van der Waals surface area contributed by atoms with Crippen molar-refractivity contribution >= 4 is 29.2 Å². The summed E-state index contributed by atoms with van der Waals surface area (Å²) in [4.78, 5) is 71.0. The van der Waals surface area contributed by atoms with Crippen molar-refractivity contribution in [1.29, 1.82) is 0 Å². The van der Waals surface area contributed by atoms with Gasteiger partial charge in [-0.05, 0) is 107 Å². The van der Waals surface area contributed by atoms with Crippen molar-refractivity contribution in [3.05, 3.63) is 47.6 Å². The van der Waals surface area contributed by atoms with Gasteiger partial charge in [0.15, 0.2) is 17.7 Å². The monoisotopic (exact) mass is 902 g/mol. The summed E-state index contributed by atoms with van der Waals surface area (Å²) < 4.78 is 39.3. The van der Waals surface area contributed by atoms with Gasteiger partial charge in [-0.25, -0.2) is 9.18 Å². The van der Waals surface area contributed by atoms with Crippen LogP contribution in [0.4, 0.5) is 4.39 Å². The number of ether oxygens (including phenoxy) is 4. The number of carbonyl (C=O) groups is 5. The SMILES string of the molecule is CO[C@H]1C[C@@H]2CC[C@@H](C)[C@@](O)(O2)C(=O)C(=O)N2CCCC[C@H]2C(=O)OC([C@H](C)C[C@@H]2CC[C@@H](O)[C@H](OC)C2)CC(=O)C(C)=CC(C)[C@@H](O)[C@@H](F)C(=O)[C@H](C)C[C@H](C)C=CC=CC=C1C. The first kappa shape index (κ1) is 53.2. The van der Waals surface area contributed by atoms with E-state index in [2.05, 4.69) is 0 Å². The van der Waals surface area contributed by atoms with Gasteiger partial charge in [0.1, 0.15) is 12.1 Å². The molecule has 3 heterocycles. The molecular formula is C50H76FNO12. The molecule has 14 heteroatoms. The van der Waals surface area contributed by atoms with Crippen LogP contribution in [0.2, 0.25) is 0 Å². The molecule has 4 aliphatic rings. The van der Waals surface area contributed by atoms with Crippen molar-refractivity contribution < 1.29 is 62.6 Å². The van der Waals surface area contributed by atoms with Crippen LogP contribution in [0, 0.1) is 35.5 Å². The van der Waals surface area contributed by atoms with E-state index in [0.717, 1.165) is 10.5 Å². The maximum atomic E-state index is 15.6. The molecule has 0 aromatic heterocycles. The maximum absolute atomic E-state index is 15.6. The summed E-state index contributed by atoms with van der Waals surface area (Å²) in [5.74, 6) is -9.29. The summed E-state index contributed by atoms with van der Waals surface area (Å²) in [6, 6.07) is -1.17. The highest BCUT2D eigenvalue weighted by Crippen LogP contribution is 2.38. The number of cyclic esters (lactones) is 1. The topological polar surface area (TPSA) is 186 Å². The van der Waals surface area contributed by atoms with Gasteiger partial charge in [-0.3, -0.25) is 19.2 Å². The number of rotatable bonds is 5. The fourth-order valence-electron chi connectivity index (χ4n) is 9.86. The van der Waals surface area contributed by atoms with Gasteiger partial charge in [0, 0.05) is 51.4 Å². The molecule has 1 aliphatic carbocycles. The summed E-state index contributed by atoms with van der Waals surface area (Å²) in [6.45, 7) is 12.1. The number of fused-ring (bicyclic) bond motifs is 3. The number of aliphatic hydroxyl groups excluding tert-OH is 2. The molecule has 0 aromatic carbocycles. The van der Waals surface area contributed by atoms with E-state index in [1.54, 1.807) is 28.1 Å². The number of ketones is 3. The summed E-state index contributed by atoms with van der Waals surface area (Å²) in [7, 11) is 3.10. The zero-order valence-electron chi connectivity index (χ0n) is 39.6. The minimum atomic E-state index is -2.44. The average molecular weight is 902 g/mol. The zero-order chi connectivity index (χ0) is 47.5. The molecule has 2 saturated heterocycles. The predicted molar refractivity (Wildman–Crippen MR) is 239 cm³/mol. The Balaban J connectivity index is 1.69. The molecule has 13 nitrogen and oxygen atoms in total. The van der Waals surface area contributed by atoms with E-state index >= 15 is 4.39 Å². The Kier molecular flexibility index (Phi) is 20.3. The average Bonchev–Trinajstić information content (AvgIpc) is 3.27. The number of amides is 1. The number of alkyl halides is 1. The van der Waals surface area contributed by atoms with Gasteiger partial charge in [0.05, 0.1) is 30.5 Å². The Hall–Kier alpha value is -3.40. The molecule has 0 radical (unpaired) electrons. The van der Waals surface area contributed by atoms with Crippen LogP contribution in [0.5, 0.6) is 0 Å². The van der Waals surface area contributed by atoms with Crippen molar-refractivity contribution in [1.82, 2.24) is 4.90 Å². The summed E-state index contributed by atoms with van der Waals surface area (Å²) in [5.41, 5.74) is 1.04. The van der Waals surface area contributed by atoms with Gasteiger partial charge < -0.3 is 39.2 Å². The Morgan fingerprint density at radius 3 is 2.31 bits per heavy atom. The van der Waals surface area contributed by atoms with Gasteiger partial charge in [0.25, 0.3) is 11.7 Å². The molecule has 0 spiro atoms. The van der Waals surface area contributed by atoms with Crippen LogP contribution in [0.1, 0.15) is 126 Å². The summed E-state index contributed by atoms with van der Waals surface area (Å²) in [5, 5.41) is 33.4. The first-order valence-corrected chi connectivity index (χ1v) is 23.5. The number of esters is 1. The molecule has 360 valence electrons. The maximum Gasteiger partial charge on any atom is 0.329 e. The summed E-state index contributed by atoms with van der Waals surface area (Å²) in [6.07, 6.45) is 8.66. The molecule has 3 N–H and O–H groups in total. The number of hydrogen-bond donors (Lipinski definition) is 3. The smallest absolute Gasteiger partial charge is 0.329 e. The number of halogens is 1. The lowest BCUT2D eigenvalue weighted by atomic mass is 9.78. The second-order valence-corrected chi connectivity index (χ2v) is 19.3. The van der Waals surface area contributed by atoms with Crippen LogP contribution < -0.4 is 0 Å². The highest BCUT2D eigenvalue weighted by molar-refractivity contribution is 6.39. The first-order valence-electron chi connectivity index (χ1n) is 23.5. The lowest BCUT2D eigenvalue weighted by molar-refractivity contribution is -0.265. The molecule has 2 bridgehead atoms. The minimum absolute atomic E-state index is 0.0659. The van der Waals surface area contributed by atoms with Crippen LogP contribution in [-0.4, -0.2) is 125 Å². The third-order valence-electron chi connectivity index (χ3n) is 14.2. The standard InChI is InChI=1S/C50H76FNO12/c1-29-15-11-10-12-16-30(2)41(61-8)27-37-20-18-35(7)50(60,64-37)47(57)48(58)52-22-14-13-17-38(52)49(59)63-42(32(4)25-36-19-21-39(53)43(26-36)62-9)28-40(54)31(3)24-34(6)46(56)44(51)45(55)33(5)23-29/h10-12,15-16,24,29,32-39,41-44,46,53,56,60H,13-14,17-23,25-28H2,1-9H3/t29-,32-,33-,34?,35-,36+,37+,38+,39-,41+,42?,43-,44+,46-,50-/m1/s1. The van der Waals surface area contributed by atoms with E-state index in [9.17, 15) is 39.3 Å². The van der Waals surface area contributed by atoms with Crippen LogP contribution in [-0.2, 0) is 42.9 Å². The van der Waals surface area contributed by atoms with Gasteiger partial charge >= 0.3 is 5.97 Å². The Morgan fingerprint density at radius 1 is 0.906 bits per heavy atom. The normalized spacial score (nSPS) is 38.2. The molecule has 2 unspecified atom stereocenters. The number of carbonyl (C=O) groups excluding carboxylic acids is 5. The fourth-order valence-corrected chi connectivity index (χ4v) is 9.86. The van der Waals surface area contributed by atoms with E-state index in [0.29, 0.717) is 64.2 Å². The van der Waals surface area contributed by atoms with E-state index in [-0.39, 0.29) is 48.8 Å². The van der Waals surface area contributed by atoms with Gasteiger partial charge in [0.2, 0.25) is 5.79 Å². The number of methoxy groups -OCH3 is 2. The Labute approximate surface area is 379 Å². The molecule has 15 atom stereocenters. The minimum Gasteiger partial charge on any atom is -0.460 e. The Bertz CT molecular complexity index is 1740. The van der Waals surface area contributed by atoms with Crippen LogP contribution in [0.25, 0.3) is 0 Å². The van der Waals surface area contributed by atoms with Crippen LogP contribution >= 0.6 is 0 Å². The third-order valence-corrected chi connectivity index (χ3v) is 14.2. The lowest BCUT2D eigenvalue weighted by Gasteiger charge is -2.42. The number of Topliss-reactive ketones (excluding diaryl/α,β-unsaturated/α-hetero) is 3. The molecule has 1 saturated carbocycles. The second kappa shape index (κ2) is 24.4. The zero-order valence-corrected chi connectivity index (χ0v) is 39.6. The van der Waals surface area contributed by atoms with Crippen molar-refractivity contribution in [3.63, 3.8) is 0 Å². The quantitative estimate of drug-likeness (QED) is 0.201. The first-order chi connectivity index (χ1) is 30.2. The molecule has 3 aliphatic heterocycles. The molecule has 1 amide bonds. The van der Waals surface area contributed by atoms with Gasteiger partial charge in [-0.1, -0.05) is 71.1 Å². The number of piperidine rings is 1. The second-order valence-electron chi connectivity index (χ2n) is 19.3. The van der Waals surface area contributed by atoms with Gasteiger partial charge in [-0.15, -0.1) is 0 Å². The largest absolute Gasteiger partial charge is 0.460 e. The van der Waals surface area contributed by atoms with E-state index in [1.807, 2.05) is 51.2 Å². The molecule has 64 heavy (non-hydrogen) atoms. The third kappa shape index (κ3) is 13.8. The molecule has 4 rings (SSSR count). The fraction of sp³-hybridized carbons (Fsp3) is 0.740. The Morgan fingerprint density at radius 2 is 1.62 bits per heavy atom. The number of allylic oxidation sites excluding steroid dienone is 6. The number of hydrogen-bond acceptors (Lipinski definition) is 12. The number of nitrogens with zero attached hydrogens (tertiary/aromatic N) is 1. The summed E-state index contributed by atoms with van der Waals surface area (Å²) >= 11 is 0. The van der Waals surface area contributed by atoms with E-state index < -0.39 is 95.5 Å². The molecular weight excluding hydrogens is 826 g/mol.